The van der Waals surface area contributed by atoms with Crippen LogP contribution in [0.3, 0.4) is 0 Å². The summed E-state index contributed by atoms with van der Waals surface area (Å²) < 4.78 is 0. The highest BCUT2D eigenvalue weighted by atomic mass is 32.1. The number of aromatic nitrogens is 1. The lowest BCUT2D eigenvalue weighted by Crippen LogP contribution is -2.55. The molecular formula is C16H25N3OS. The zero-order valence-corrected chi connectivity index (χ0v) is 13.8. The van der Waals surface area contributed by atoms with Gasteiger partial charge >= 0.3 is 0 Å². The Hall–Kier alpha value is -0.940. The minimum atomic E-state index is 0.00841. The average molecular weight is 307 g/mol. The predicted octanol–water partition coefficient (Wildman–Crippen LogP) is 2.72. The van der Waals surface area contributed by atoms with Crippen LogP contribution in [0.15, 0.2) is 5.38 Å². The number of hydrogen-bond donors (Lipinski definition) is 1. The van der Waals surface area contributed by atoms with E-state index >= 15 is 0 Å². The van der Waals surface area contributed by atoms with Crippen molar-refractivity contribution in [2.24, 2.45) is 5.92 Å². The third-order valence-corrected chi connectivity index (χ3v) is 5.71. The Labute approximate surface area is 130 Å². The first-order chi connectivity index (χ1) is 10.1. The van der Waals surface area contributed by atoms with E-state index in [1.807, 2.05) is 24.3 Å². The van der Waals surface area contributed by atoms with Crippen molar-refractivity contribution in [1.82, 2.24) is 15.2 Å². The summed E-state index contributed by atoms with van der Waals surface area (Å²) in [7, 11) is 1.89. The van der Waals surface area contributed by atoms with Crippen LogP contribution in [-0.2, 0) is 11.3 Å². The van der Waals surface area contributed by atoms with Crippen LogP contribution < -0.4 is 5.32 Å². The van der Waals surface area contributed by atoms with Crippen LogP contribution in [-0.4, -0.2) is 34.9 Å². The minimum absolute atomic E-state index is 0.00841. The van der Waals surface area contributed by atoms with Crippen LogP contribution in [0, 0.1) is 12.8 Å². The van der Waals surface area contributed by atoms with Crippen molar-refractivity contribution < 1.29 is 4.79 Å². The van der Waals surface area contributed by atoms with Gasteiger partial charge in [-0.25, -0.2) is 4.98 Å². The van der Waals surface area contributed by atoms with Gasteiger partial charge < -0.3 is 10.2 Å². The van der Waals surface area contributed by atoms with Gasteiger partial charge in [0.05, 0.1) is 23.3 Å². The minimum Gasteiger partial charge on any atom is -0.338 e. The average Bonchev–Trinajstić information content (AvgIpc) is 2.91. The van der Waals surface area contributed by atoms with Gasteiger partial charge in [-0.15, -0.1) is 11.3 Å². The molecule has 1 N–H and O–H groups in total. The maximum absolute atomic E-state index is 12.6. The number of rotatable bonds is 3. The molecule has 3 rings (SSSR count). The molecule has 5 heteroatoms. The van der Waals surface area contributed by atoms with E-state index < -0.39 is 0 Å². The molecule has 0 spiro atoms. The molecule has 1 aliphatic heterocycles. The number of thiazole rings is 1. The Morgan fingerprint density at radius 1 is 1.38 bits per heavy atom. The van der Waals surface area contributed by atoms with Crippen LogP contribution in [0.4, 0.5) is 0 Å². The summed E-state index contributed by atoms with van der Waals surface area (Å²) in [6.45, 7) is 2.62. The molecule has 1 aromatic rings. The maximum Gasteiger partial charge on any atom is 0.239 e. The Kier molecular flexibility index (Phi) is 4.60. The van der Waals surface area contributed by atoms with Crippen molar-refractivity contribution in [2.45, 2.75) is 64.1 Å². The van der Waals surface area contributed by atoms with Crippen molar-refractivity contribution in [2.75, 3.05) is 7.05 Å². The first kappa shape index (κ1) is 15.0. The van der Waals surface area contributed by atoms with Gasteiger partial charge in [-0.3, -0.25) is 4.79 Å². The van der Waals surface area contributed by atoms with Crippen LogP contribution in [0.25, 0.3) is 0 Å². The number of likely N-dealkylation sites (N-methyl/N-ethyl adjacent to an activating group) is 1. The first-order valence-electron chi connectivity index (χ1n) is 8.05. The molecule has 1 saturated heterocycles. The molecule has 2 heterocycles. The summed E-state index contributed by atoms with van der Waals surface area (Å²) in [5.41, 5.74) is 1.000. The Balaban J connectivity index is 1.57. The lowest BCUT2D eigenvalue weighted by Gasteiger charge is -2.40. The molecule has 1 amide bonds. The SMILES string of the molecule is Cc1nc(CN(C)C(=O)C2CCC3CCCCC3N2)cs1. The van der Waals surface area contributed by atoms with Gasteiger partial charge in [0.25, 0.3) is 0 Å². The largest absolute Gasteiger partial charge is 0.338 e. The highest BCUT2D eigenvalue weighted by Crippen LogP contribution is 2.32. The van der Waals surface area contributed by atoms with Gasteiger partial charge in [-0.05, 0) is 38.5 Å². The quantitative estimate of drug-likeness (QED) is 0.934. The van der Waals surface area contributed by atoms with Crippen LogP contribution in [0.1, 0.15) is 49.2 Å². The summed E-state index contributed by atoms with van der Waals surface area (Å²) >= 11 is 1.64. The highest BCUT2D eigenvalue weighted by Gasteiger charge is 2.35. The first-order valence-corrected chi connectivity index (χ1v) is 8.93. The Morgan fingerprint density at radius 2 is 2.19 bits per heavy atom. The van der Waals surface area contributed by atoms with E-state index in [1.54, 1.807) is 11.3 Å². The number of piperidine rings is 1. The molecule has 0 aromatic carbocycles. The number of nitrogens with one attached hydrogen (secondary N) is 1. The van der Waals surface area contributed by atoms with E-state index in [4.69, 9.17) is 0 Å². The second kappa shape index (κ2) is 6.44. The lowest BCUT2D eigenvalue weighted by molar-refractivity contribution is -0.134. The third-order valence-electron chi connectivity index (χ3n) is 4.89. The molecule has 4 nitrogen and oxygen atoms in total. The molecule has 1 aromatic heterocycles. The maximum atomic E-state index is 12.6. The molecule has 0 radical (unpaired) electrons. The molecule has 21 heavy (non-hydrogen) atoms. The number of nitrogens with zero attached hydrogens (tertiary/aromatic N) is 2. The van der Waals surface area contributed by atoms with Gasteiger partial charge in [-0.2, -0.15) is 0 Å². The summed E-state index contributed by atoms with van der Waals surface area (Å²) in [5, 5.41) is 6.73. The van der Waals surface area contributed by atoms with Crippen LogP contribution in [0.5, 0.6) is 0 Å². The third kappa shape index (κ3) is 3.46. The molecule has 0 bridgehead atoms. The predicted molar refractivity (Wildman–Crippen MR) is 85.2 cm³/mol. The Bertz CT molecular complexity index is 501. The van der Waals surface area contributed by atoms with Crippen molar-refractivity contribution in [3.63, 3.8) is 0 Å². The van der Waals surface area contributed by atoms with Gasteiger partial charge in [0.15, 0.2) is 0 Å². The topological polar surface area (TPSA) is 45.2 Å². The lowest BCUT2D eigenvalue weighted by atomic mass is 9.77. The monoisotopic (exact) mass is 307 g/mol. The fourth-order valence-corrected chi connectivity index (χ4v) is 4.36. The van der Waals surface area contributed by atoms with Gasteiger partial charge in [-0.1, -0.05) is 12.8 Å². The van der Waals surface area contributed by atoms with Crippen LogP contribution >= 0.6 is 11.3 Å². The standard InChI is InChI=1S/C16H25N3OS/c1-11-17-13(10-21-11)9-19(2)16(20)15-8-7-12-5-3-4-6-14(12)18-15/h10,12,14-15,18H,3-9H2,1-2H3. The molecule has 2 fully saturated rings. The molecular weight excluding hydrogens is 282 g/mol. The fraction of sp³-hybridized carbons (Fsp3) is 0.750. The number of amides is 1. The smallest absolute Gasteiger partial charge is 0.239 e. The second-order valence-corrected chi connectivity index (χ2v) is 7.56. The number of fused-ring (bicyclic) bond motifs is 1. The summed E-state index contributed by atoms with van der Waals surface area (Å²) in [6.07, 6.45) is 7.45. The summed E-state index contributed by atoms with van der Waals surface area (Å²) in [6, 6.07) is 0.574. The number of aryl methyl sites for hydroxylation is 1. The summed E-state index contributed by atoms with van der Waals surface area (Å²) in [5.74, 6) is 1.03. The molecule has 2 aliphatic rings. The molecule has 1 saturated carbocycles. The van der Waals surface area contributed by atoms with E-state index in [-0.39, 0.29) is 11.9 Å². The van der Waals surface area contributed by atoms with E-state index in [0.717, 1.165) is 23.0 Å². The second-order valence-electron chi connectivity index (χ2n) is 6.50. The molecule has 116 valence electrons. The fourth-order valence-electron chi connectivity index (χ4n) is 3.76. The zero-order valence-electron chi connectivity index (χ0n) is 13.0. The number of carbonyl (C=O) groups excluding carboxylic acids is 1. The zero-order chi connectivity index (χ0) is 14.8. The number of hydrogen-bond acceptors (Lipinski definition) is 4. The van der Waals surface area contributed by atoms with Crippen molar-refractivity contribution in [3.05, 3.63) is 16.1 Å². The van der Waals surface area contributed by atoms with E-state index in [2.05, 4.69) is 10.3 Å². The van der Waals surface area contributed by atoms with Gasteiger partial charge in [0.1, 0.15) is 0 Å². The summed E-state index contributed by atoms with van der Waals surface area (Å²) in [4.78, 5) is 18.9. The normalized spacial score (nSPS) is 29.0. The molecule has 3 atom stereocenters. The molecule has 1 aliphatic carbocycles. The van der Waals surface area contributed by atoms with Crippen LogP contribution in [0.2, 0.25) is 0 Å². The highest BCUT2D eigenvalue weighted by molar-refractivity contribution is 7.09. The van der Waals surface area contributed by atoms with Gasteiger partial charge in [0.2, 0.25) is 5.91 Å². The van der Waals surface area contributed by atoms with E-state index in [1.165, 1.54) is 32.1 Å². The van der Waals surface area contributed by atoms with E-state index in [0.29, 0.717) is 12.6 Å². The van der Waals surface area contributed by atoms with Crippen molar-refractivity contribution >= 4 is 17.2 Å². The Morgan fingerprint density at radius 3 is 2.95 bits per heavy atom. The molecule has 3 unspecified atom stereocenters. The van der Waals surface area contributed by atoms with Crippen molar-refractivity contribution in [1.29, 1.82) is 0 Å². The van der Waals surface area contributed by atoms with Gasteiger partial charge in [0, 0.05) is 18.5 Å². The van der Waals surface area contributed by atoms with Crippen molar-refractivity contribution in [3.8, 4) is 0 Å². The number of carbonyl (C=O) groups is 1. The van der Waals surface area contributed by atoms with E-state index in [9.17, 15) is 4.79 Å².